The minimum Gasteiger partial charge on any atom is -0.354 e. The van der Waals surface area contributed by atoms with Crippen molar-refractivity contribution in [1.82, 2.24) is 15.1 Å². The molecule has 3 N–H and O–H groups in total. The summed E-state index contributed by atoms with van der Waals surface area (Å²) in [7, 11) is 0. The summed E-state index contributed by atoms with van der Waals surface area (Å²) in [5.74, 6) is -0.0696. The van der Waals surface area contributed by atoms with Gasteiger partial charge in [-0.15, -0.1) is 0 Å². The standard InChI is InChI=1S/C12H22N4O/c1-3-6-12(2,13)11(17)14-7-4-9-16-10-5-8-15-16/h5,8,10H,3-4,6-7,9,13H2,1-2H3,(H,14,17). The molecule has 1 atom stereocenters. The lowest BCUT2D eigenvalue weighted by atomic mass is 9.96. The molecule has 1 aromatic heterocycles. The molecule has 0 aliphatic rings. The maximum atomic E-state index is 11.8. The third-order valence-electron chi connectivity index (χ3n) is 2.70. The summed E-state index contributed by atoms with van der Waals surface area (Å²) in [5, 5.41) is 6.96. The van der Waals surface area contributed by atoms with Crippen molar-refractivity contribution < 1.29 is 4.79 Å². The van der Waals surface area contributed by atoms with E-state index in [-0.39, 0.29) is 5.91 Å². The maximum Gasteiger partial charge on any atom is 0.239 e. The smallest absolute Gasteiger partial charge is 0.239 e. The van der Waals surface area contributed by atoms with Crippen LogP contribution in [0.3, 0.4) is 0 Å². The van der Waals surface area contributed by atoms with E-state index in [1.807, 2.05) is 23.9 Å². The van der Waals surface area contributed by atoms with Crippen LogP contribution in [0.15, 0.2) is 18.5 Å². The maximum absolute atomic E-state index is 11.8. The van der Waals surface area contributed by atoms with Crippen molar-refractivity contribution in [3.05, 3.63) is 18.5 Å². The van der Waals surface area contributed by atoms with Crippen molar-refractivity contribution in [3.8, 4) is 0 Å². The molecule has 1 unspecified atom stereocenters. The first-order valence-corrected chi connectivity index (χ1v) is 6.11. The number of amides is 1. The second-order valence-corrected chi connectivity index (χ2v) is 4.55. The SMILES string of the molecule is CCCC(C)(N)C(=O)NCCCn1cccn1. The van der Waals surface area contributed by atoms with Crippen LogP contribution in [0.4, 0.5) is 0 Å². The van der Waals surface area contributed by atoms with Gasteiger partial charge in [-0.2, -0.15) is 5.10 Å². The Morgan fingerprint density at radius 2 is 2.35 bits per heavy atom. The molecular weight excluding hydrogens is 216 g/mol. The number of aromatic nitrogens is 2. The molecule has 0 spiro atoms. The third kappa shape index (κ3) is 4.56. The van der Waals surface area contributed by atoms with Crippen LogP contribution in [-0.2, 0) is 11.3 Å². The summed E-state index contributed by atoms with van der Waals surface area (Å²) >= 11 is 0. The molecule has 0 aliphatic heterocycles. The summed E-state index contributed by atoms with van der Waals surface area (Å²) in [6.07, 6.45) is 6.13. The molecule has 0 fully saturated rings. The molecule has 1 rings (SSSR count). The number of carbonyl (C=O) groups excluding carboxylic acids is 1. The Bertz CT molecular complexity index is 332. The van der Waals surface area contributed by atoms with Gasteiger partial charge in [-0.25, -0.2) is 0 Å². The molecular formula is C12H22N4O. The zero-order valence-corrected chi connectivity index (χ0v) is 10.6. The number of hydrogen-bond acceptors (Lipinski definition) is 3. The van der Waals surface area contributed by atoms with E-state index in [4.69, 9.17) is 5.73 Å². The summed E-state index contributed by atoms with van der Waals surface area (Å²) in [6, 6.07) is 1.89. The van der Waals surface area contributed by atoms with Gasteiger partial charge in [0.15, 0.2) is 0 Å². The average molecular weight is 238 g/mol. The predicted molar refractivity (Wildman–Crippen MR) is 67.4 cm³/mol. The minimum absolute atomic E-state index is 0.0696. The summed E-state index contributed by atoms with van der Waals surface area (Å²) < 4.78 is 1.85. The first kappa shape index (κ1) is 13.7. The van der Waals surface area contributed by atoms with Crippen molar-refractivity contribution >= 4 is 5.91 Å². The highest BCUT2D eigenvalue weighted by atomic mass is 16.2. The number of carbonyl (C=O) groups is 1. The quantitative estimate of drug-likeness (QED) is 0.693. The predicted octanol–water partition coefficient (Wildman–Crippen LogP) is 0.907. The Labute approximate surface area is 102 Å². The van der Waals surface area contributed by atoms with E-state index in [2.05, 4.69) is 10.4 Å². The molecule has 0 saturated carbocycles. The number of nitrogens with two attached hydrogens (primary N) is 1. The molecule has 17 heavy (non-hydrogen) atoms. The number of rotatable bonds is 7. The van der Waals surface area contributed by atoms with Crippen LogP contribution < -0.4 is 11.1 Å². The highest BCUT2D eigenvalue weighted by Gasteiger charge is 2.26. The van der Waals surface area contributed by atoms with Gasteiger partial charge in [0.1, 0.15) is 0 Å². The van der Waals surface area contributed by atoms with Crippen LogP contribution in [0.25, 0.3) is 0 Å². The van der Waals surface area contributed by atoms with Crippen molar-refractivity contribution in [1.29, 1.82) is 0 Å². The molecule has 0 bridgehead atoms. The van der Waals surface area contributed by atoms with E-state index < -0.39 is 5.54 Å². The largest absolute Gasteiger partial charge is 0.354 e. The Morgan fingerprint density at radius 3 is 2.94 bits per heavy atom. The average Bonchev–Trinajstić information content (AvgIpc) is 2.76. The van der Waals surface area contributed by atoms with E-state index in [0.717, 1.165) is 19.4 Å². The molecule has 5 nitrogen and oxygen atoms in total. The molecule has 0 radical (unpaired) electrons. The monoisotopic (exact) mass is 238 g/mol. The number of aryl methyl sites for hydroxylation is 1. The molecule has 1 amide bonds. The van der Waals surface area contributed by atoms with E-state index in [1.165, 1.54) is 0 Å². The van der Waals surface area contributed by atoms with Crippen LogP contribution in [-0.4, -0.2) is 27.8 Å². The van der Waals surface area contributed by atoms with Gasteiger partial charge >= 0.3 is 0 Å². The van der Waals surface area contributed by atoms with Crippen molar-refractivity contribution in [2.45, 2.75) is 45.2 Å². The van der Waals surface area contributed by atoms with Crippen molar-refractivity contribution in [2.24, 2.45) is 5.73 Å². The first-order valence-electron chi connectivity index (χ1n) is 6.11. The zero-order chi connectivity index (χ0) is 12.7. The van der Waals surface area contributed by atoms with Crippen molar-refractivity contribution in [3.63, 3.8) is 0 Å². The lowest BCUT2D eigenvalue weighted by molar-refractivity contribution is -0.126. The van der Waals surface area contributed by atoms with Crippen LogP contribution in [0.2, 0.25) is 0 Å². The van der Waals surface area contributed by atoms with Gasteiger partial charge in [0, 0.05) is 25.5 Å². The van der Waals surface area contributed by atoms with Gasteiger partial charge in [-0.05, 0) is 25.8 Å². The summed E-state index contributed by atoms with van der Waals surface area (Å²) in [5.41, 5.74) is 5.17. The van der Waals surface area contributed by atoms with Gasteiger partial charge in [-0.3, -0.25) is 9.48 Å². The normalized spacial score (nSPS) is 14.3. The van der Waals surface area contributed by atoms with Crippen LogP contribution in [0.1, 0.15) is 33.1 Å². The number of hydrogen-bond donors (Lipinski definition) is 2. The molecule has 96 valence electrons. The van der Waals surface area contributed by atoms with E-state index >= 15 is 0 Å². The van der Waals surface area contributed by atoms with Gasteiger partial charge in [0.05, 0.1) is 5.54 Å². The lowest BCUT2D eigenvalue weighted by Gasteiger charge is -2.22. The highest BCUT2D eigenvalue weighted by molar-refractivity contribution is 5.85. The van der Waals surface area contributed by atoms with Gasteiger partial charge < -0.3 is 11.1 Å². The number of nitrogens with zero attached hydrogens (tertiary/aromatic N) is 2. The molecule has 0 saturated heterocycles. The minimum atomic E-state index is -0.750. The van der Waals surface area contributed by atoms with E-state index in [0.29, 0.717) is 13.0 Å². The fraction of sp³-hybridized carbons (Fsp3) is 0.667. The fourth-order valence-electron chi connectivity index (χ4n) is 1.71. The third-order valence-corrected chi connectivity index (χ3v) is 2.70. The lowest BCUT2D eigenvalue weighted by Crippen LogP contribution is -2.51. The van der Waals surface area contributed by atoms with E-state index in [9.17, 15) is 4.79 Å². The second kappa shape index (κ2) is 6.39. The molecule has 1 heterocycles. The summed E-state index contributed by atoms with van der Waals surface area (Å²) in [6.45, 7) is 5.24. The topological polar surface area (TPSA) is 72.9 Å². The first-order chi connectivity index (χ1) is 8.06. The van der Waals surface area contributed by atoms with E-state index in [1.54, 1.807) is 13.1 Å². The van der Waals surface area contributed by atoms with Crippen LogP contribution >= 0.6 is 0 Å². The second-order valence-electron chi connectivity index (χ2n) is 4.55. The Morgan fingerprint density at radius 1 is 1.59 bits per heavy atom. The molecule has 1 aromatic rings. The summed E-state index contributed by atoms with van der Waals surface area (Å²) in [4.78, 5) is 11.8. The molecule has 0 aromatic carbocycles. The van der Waals surface area contributed by atoms with Gasteiger partial charge in [0.2, 0.25) is 5.91 Å². The molecule has 0 aliphatic carbocycles. The van der Waals surface area contributed by atoms with Gasteiger partial charge in [-0.1, -0.05) is 13.3 Å². The van der Waals surface area contributed by atoms with Crippen LogP contribution in [0, 0.1) is 0 Å². The van der Waals surface area contributed by atoms with Crippen molar-refractivity contribution in [2.75, 3.05) is 6.54 Å². The Hall–Kier alpha value is -1.36. The fourth-order valence-corrected chi connectivity index (χ4v) is 1.71. The zero-order valence-electron chi connectivity index (χ0n) is 10.6. The number of nitrogens with one attached hydrogen (secondary N) is 1. The van der Waals surface area contributed by atoms with Crippen LogP contribution in [0.5, 0.6) is 0 Å². The Balaban J connectivity index is 2.20. The molecule has 5 heteroatoms. The van der Waals surface area contributed by atoms with Gasteiger partial charge in [0.25, 0.3) is 0 Å². The Kier molecular flexibility index (Phi) is 5.15. The highest BCUT2D eigenvalue weighted by Crippen LogP contribution is 2.08.